The summed E-state index contributed by atoms with van der Waals surface area (Å²) < 4.78 is 0. The molecule has 0 radical (unpaired) electrons. The third kappa shape index (κ3) is 6.30. The summed E-state index contributed by atoms with van der Waals surface area (Å²) in [4.78, 5) is 15.9. The van der Waals surface area contributed by atoms with Crippen LogP contribution < -0.4 is 16.4 Å². The number of rotatable bonds is 6. The van der Waals surface area contributed by atoms with Crippen LogP contribution in [0, 0.1) is 13.8 Å². The van der Waals surface area contributed by atoms with Crippen molar-refractivity contribution >= 4 is 23.2 Å². The number of nitrogens with two attached hydrogens (primary N) is 1. The van der Waals surface area contributed by atoms with Crippen LogP contribution in [0.5, 0.6) is 0 Å². The summed E-state index contributed by atoms with van der Waals surface area (Å²) in [5.41, 5.74) is 11.1. The quantitative estimate of drug-likeness (QED) is 0.551. The topological polar surface area (TPSA) is 79.5 Å². The summed E-state index contributed by atoms with van der Waals surface area (Å²) in [6.07, 6.45) is 1.37. The molecule has 2 aromatic rings. The Morgan fingerprint density at radius 1 is 1.00 bits per heavy atom. The molecule has 0 heterocycles. The Bertz CT molecular complexity index is 731. The zero-order valence-electron chi connectivity index (χ0n) is 15.1. The molecule has 2 rings (SSSR count). The Balaban J connectivity index is 1.92. The van der Waals surface area contributed by atoms with E-state index in [0.29, 0.717) is 18.9 Å². The van der Waals surface area contributed by atoms with Crippen LogP contribution in [0.1, 0.15) is 36.5 Å². The number of anilines is 2. The third-order valence-corrected chi connectivity index (χ3v) is 3.64. The number of nitrogens with one attached hydrogen (secondary N) is 2. The van der Waals surface area contributed by atoms with Gasteiger partial charge < -0.3 is 16.4 Å². The number of carbonyl (C=O) groups excluding carboxylic acids is 1. The van der Waals surface area contributed by atoms with E-state index in [-0.39, 0.29) is 5.91 Å². The highest BCUT2D eigenvalue weighted by molar-refractivity contribution is 5.92. The van der Waals surface area contributed by atoms with E-state index in [1.54, 1.807) is 0 Å². The molecule has 132 valence electrons. The van der Waals surface area contributed by atoms with Crippen LogP contribution in [-0.4, -0.2) is 11.9 Å². The standard InChI is InChI=1S/C20H26N4O/c1-4-5-19(25)23-17-8-6-16(7-9-17)13-22-20(21)24-18-11-14(2)10-15(3)12-18/h6-12H,4-5,13H2,1-3H3,(H,23,25)(H3,21,22,24). The zero-order valence-corrected chi connectivity index (χ0v) is 15.1. The zero-order chi connectivity index (χ0) is 18.2. The lowest BCUT2D eigenvalue weighted by atomic mass is 10.1. The molecule has 0 aliphatic rings. The Morgan fingerprint density at radius 2 is 1.64 bits per heavy atom. The fraction of sp³-hybridized carbons (Fsp3) is 0.300. The van der Waals surface area contributed by atoms with Crippen molar-refractivity contribution in [1.82, 2.24) is 0 Å². The highest BCUT2D eigenvalue weighted by Crippen LogP contribution is 2.14. The van der Waals surface area contributed by atoms with Crippen molar-refractivity contribution in [2.45, 2.75) is 40.2 Å². The average molecular weight is 338 g/mol. The van der Waals surface area contributed by atoms with Crippen LogP contribution in [0.3, 0.4) is 0 Å². The summed E-state index contributed by atoms with van der Waals surface area (Å²) in [5, 5.41) is 5.98. The number of hydrogen-bond donors (Lipinski definition) is 3. The predicted molar refractivity (Wildman–Crippen MR) is 105 cm³/mol. The summed E-state index contributed by atoms with van der Waals surface area (Å²) in [6, 6.07) is 13.8. The van der Waals surface area contributed by atoms with Gasteiger partial charge in [-0.1, -0.05) is 25.1 Å². The molecule has 0 aromatic heterocycles. The lowest BCUT2D eigenvalue weighted by Crippen LogP contribution is -2.22. The van der Waals surface area contributed by atoms with Crippen LogP contribution in [0.2, 0.25) is 0 Å². The smallest absolute Gasteiger partial charge is 0.224 e. The first-order valence-corrected chi connectivity index (χ1v) is 8.50. The SMILES string of the molecule is CCCC(=O)Nc1ccc(CN=C(N)Nc2cc(C)cc(C)c2)cc1. The number of aryl methyl sites for hydroxylation is 2. The molecule has 0 aliphatic carbocycles. The molecule has 0 atom stereocenters. The molecule has 4 N–H and O–H groups in total. The van der Waals surface area contributed by atoms with E-state index in [2.05, 4.69) is 21.7 Å². The third-order valence-electron chi connectivity index (χ3n) is 3.64. The first kappa shape index (κ1) is 18.5. The summed E-state index contributed by atoms with van der Waals surface area (Å²) in [6.45, 7) is 6.56. The van der Waals surface area contributed by atoms with Crippen LogP contribution in [0.25, 0.3) is 0 Å². The maximum atomic E-state index is 11.6. The maximum absolute atomic E-state index is 11.6. The largest absolute Gasteiger partial charge is 0.370 e. The second-order valence-corrected chi connectivity index (χ2v) is 6.20. The number of hydrogen-bond acceptors (Lipinski definition) is 2. The van der Waals surface area contributed by atoms with Crippen molar-refractivity contribution in [2.75, 3.05) is 10.6 Å². The van der Waals surface area contributed by atoms with E-state index in [0.717, 1.165) is 23.4 Å². The second kappa shape index (κ2) is 8.87. The molecule has 5 heteroatoms. The number of nitrogens with zero attached hydrogens (tertiary/aromatic N) is 1. The van der Waals surface area contributed by atoms with Crippen molar-refractivity contribution < 1.29 is 4.79 Å². The summed E-state index contributed by atoms with van der Waals surface area (Å²) >= 11 is 0. The van der Waals surface area contributed by atoms with Crippen molar-refractivity contribution in [3.05, 3.63) is 59.2 Å². The van der Waals surface area contributed by atoms with E-state index >= 15 is 0 Å². The van der Waals surface area contributed by atoms with Crippen molar-refractivity contribution in [3.63, 3.8) is 0 Å². The number of benzene rings is 2. The number of aliphatic imine (C=N–C) groups is 1. The van der Waals surface area contributed by atoms with Gasteiger partial charge in [-0.3, -0.25) is 4.79 Å². The Hall–Kier alpha value is -2.82. The summed E-state index contributed by atoms with van der Waals surface area (Å²) in [7, 11) is 0. The predicted octanol–water partition coefficient (Wildman–Crippen LogP) is 3.97. The minimum absolute atomic E-state index is 0.0372. The van der Waals surface area contributed by atoms with Crippen molar-refractivity contribution in [1.29, 1.82) is 0 Å². The highest BCUT2D eigenvalue weighted by Gasteiger charge is 2.01. The number of carbonyl (C=O) groups is 1. The lowest BCUT2D eigenvalue weighted by Gasteiger charge is -2.08. The number of guanidine groups is 1. The van der Waals surface area contributed by atoms with Crippen LogP contribution >= 0.6 is 0 Å². The van der Waals surface area contributed by atoms with Gasteiger partial charge in [-0.25, -0.2) is 4.99 Å². The molecule has 0 saturated carbocycles. The van der Waals surface area contributed by atoms with E-state index in [1.807, 2.05) is 57.2 Å². The normalized spacial score (nSPS) is 11.2. The van der Waals surface area contributed by atoms with Crippen LogP contribution in [0.4, 0.5) is 11.4 Å². The first-order chi connectivity index (χ1) is 12.0. The van der Waals surface area contributed by atoms with Gasteiger partial charge >= 0.3 is 0 Å². The van der Waals surface area contributed by atoms with Crippen LogP contribution in [-0.2, 0) is 11.3 Å². The Kier molecular flexibility index (Phi) is 6.57. The first-order valence-electron chi connectivity index (χ1n) is 8.50. The number of amides is 1. The molecule has 1 amide bonds. The Morgan fingerprint density at radius 3 is 2.24 bits per heavy atom. The van der Waals surface area contributed by atoms with Gasteiger partial charge in [-0.15, -0.1) is 0 Å². The van der Waals surface area contributed by atoms with Gasteiger partial charge in [0.25, 0.3) is 0 Å². The molecule has 2 aromatic carbocycles. The molecule has 0 spiro atoms. The van der Waals surface area contributed by atoms with E-state index in [1.165, 1.54) is 11.1 Å². The highest BCUT2D eigenvalue weighted by atomic mass is 16.1. The summed E-state index contributed by atoms with van der Waals surface area (Å²) in [5.74, 6) is 0.417. The monoisotopic (exact) mass is 338 g/mol. The molecular weight excluding hydrogens is 312 g/mol. The molecule has 0 saturated heterocycles. The minimum Gasteiger partial charge on any atom is -0.370 e. The van der Waals surface area contributed by atoms with E-state index in [4.69, 9.17) is 5.73 Å². The average Bonchev–Trinajstić information content (AvgIpc) is 2.53. The minimum atomic E-state index is 0.0372. The molecule has 0 fully saturated rings. The molecule has 0 aliphatic heterocycles. The fourth-order valence-corrected chi connectivity index (χ4v) is 2.55. The second-order valence-electron chi connectivity index (χ2n) is 6.20. The van der Waals surface area contributed by atoms with Gasteiger partial charge in [-0.05, 0) is 61.2 Å². The van der Waals surface area contributed by atoms with Crippen molar-refractivity contribution in [2.24, 2.45) is 10.7 Å². The van der Waals surface area contributed by atoms with Gasteiger partial charge in [0, 0.05) is 17.8 Å². The van der Waals surface area contributed by atoms with Gasteiger partial charge in [0.05, 0.1) is 6.54 Å². The van der Waals surface area contributed by atoms with Gasteiger partial charge in [0.2, 0.25) is 5.91 Å². The van der Waals surface area contributed by atoms with E-state index < -0.39 is 0 Å². The molecular formula is C20H26N4O. The van der Waals surface area contributed by atoms with Crippen molar-refractivity contribution in [3.8, 4) is 0 Å². The lowest BCUT2D eigenvalue weighted by molar-refractivity contribution is -0.116. The van der Waals surface area contributed by atoms with Crippen LogP contribution in [0.15, 0.2) is 47.5 Å². The Labute approximate surface area is 149 Å². The van der Waals surface area contributed by atoms with Gasteiger partial charge in [0.1, 0.15) is 0 Å². The van der Waals surface area contributed by atoms with Gasteiger partial charge in [0.15, 0.2) is 5.96 Å². The molecule has 25 heavy (non-hydrogen) atoms. The molecule has 0 unspecified atom stereocenters. The van der Waals surface area contributed by atoms with E-state index in [9.17, 15) is 4.79 Å². The molecule has 0 bridgehead atoms. The maximum Gasteiger partial charge on any atom is 0.224 e. The molecule has 5 nitrogen and oxygen atoms in total. The van der Waals surface area contributed by atoms with Gasteiger partial charge in [-0.2, -0.15) is 0 Å². The fourth-order valence-electron chi connectivity index (χ4n) is 2.55.